The van der Waals surface area contributed by atoms with Crippen LogP contribution >= 0.6 is 24.4 Å². The van der Waals surface area contributed by atoms with Crippen LogP contribution in [0.25, 0.3) is 0 Å². The van der Waals surface area contributed by atoms with E-state index in [2.05, 4.69) is 22.8 Å². The average Bonchev–Trinajstić information content (AvgIpc) is 2.37. The van der Waals surface area contributed by atoms with Gasteiger partial charge in [-0.25, -0.2) is 0 Å². The Hall–Kier alpha value is -0.160. The number of aryl methyl sites for hydroxylation is 1. The van der Waals surface area contributed by atoms with E-state index in [0.29, 0.717) is 11.1 Å². The SMILES string of the molecule is CSc1nnc(CCS)o1. The Labute approximate surface area is 69.0 Å². The molecule has 0 spiro atoms. The number of rotatable bonds is 3. The Kier molecular flexibility index (Phi) is 3.08. The van der Waals surface area contributed by atoms with Crippen LogP contribution in [-0.2, 0) is 6.42 Å². The Morgan fingerprint density at radius 2 is 2.40 bits per heavy atom. The molecular formula is C5H8N2OS2. The molecule has 0 saturated carbocycles. The van der Waals surface area contributed by atoms with E-state index in [0.717, 1.165) is 12.2 Å². The fraction of sp³-hybridized carbons (Fsp3) is 0.600. The molecule has 5 heteroatoms. The standard InChI is InChI=1S/C5H8N2OS2/c1-10-5-7-6-4(8-5)2-3-9/h9H,2-3H2,1H3. The van der Waals surface area contributed by atoms with Crippen molar-refractivity contribution in [2.75, 3.05) is 12.0 Å². The van der Waals surface area contributed by atoms with Crippen molar-refractivity contribution in [3.05, 3.63) is 5.89 Å². The lowest BCUT2D eigenvalue weighted by atomic mass is 10.5. The highest BCUT2D eigenvalue weighted by Gasteiger charge is 2.01. The third-order valence-electron chi connectivity index (χ3n) is 0.949. The third-order valence-corrected chi connectivity index (χ3v) is 1.69. The first-order valence-electron chi connectivity index (χ1n) is 2.84. The summed E-state index contributed by atoms with van der Waals surface area (Å²) >= 11 is 5.49. The lowest BCUT2D eigenvalue weighted by Crippen LogP contribution is -1.84. The van der Waals surface area contributed by atoms with Crippen molar-refractivity contribution in [1.29, 1.82) is 0 Å². The van der Waals surface area contributed by atoms with Gasteiger partial charge in [0.15, 0.2) is 0 Å². The summed E-state index contributed by atoms with van der Waals surface area (Å²) in [7, 11) is 0. The zero-order chi connectivity index (χ0) is 7.40. The summed E-state index contributed by atoms with van der Waals surface area (Å²) in [5.41, 5.74) is 0. The van der Waals surface area contributed by atoms with Gasteiger partial charge < -0.3 is 4.42 Å². The molecule has 56 valence electrons. The van der Waals surface area contributed by atoms with E-state index in [1.807, 2.05) is 6.26 Å². The van der Waals surface area contributed by atoms with Crippen LogP contribution in [0.15, 0.2) is 9.64 Å². The minimum atomic E-state index is 0.622. The topological polar surface area (TPSA) is 38.9 Å². The van der Waals surface area contributed by atoms with Crippen LogP contribution in [0.3, 0.4) is 0 Å². The summed E-state index contributed by atoms with van der Waals surface area (Å²) in [6.45, 7) is 0. The van der Waals surface area contributed by atoms with Gasteiger partial charge in [-0.15, -0.1) is 10.2 Å². The van der Waals surface area contributed by atoms with Crippen LogP contribution in [0.4, 0.5) is 0 Å². The maximum Gasteiger partial charge on any atom is 0.276 e. The molecule has 1 rings (SSSR count). The molecular weight excluding hydrogens is 168 g/mol. The third kappa shape index (κ3) is 1.91. The Morgan fingerprint density at radius 3 is 2.90 bits per heavy atom. The number of nitrogens with zero attached hydrogens (tertiary/aromatic N) is 2. The lowest BCUT2D eigenvalue weighted by Gasteiger charge is -1.84. The van der Waals surface area contributed by atoms with E-state index >= 15 is 0 Å². The lowest BCUT2D eigenvalue weighted by molar-refractivity contribution is 0.418. The Morgan fingerprint density at radius 1 is 1.60 bits per heavy atom. The Bertz CT molecular complexity index is 201. The smallest absolute Gasteiger partial charge is 0.276 e. The van der Waals surface area contributed by atoms with Crippen LogP contribution in [-0.4, -0.2) is 22.2 Å². The molecule has 0 amide bonds. The largest absolute Gasteiger partial charge is 0.416 e. The number of hydrogen-bond donors (Lipinski definition) is 1. The van der Waals surface area contributed by atoms with E-state index in [9.17, 15) is 0 Å². The molecule has 0 radical (unpaired) electrons. The predicted molar refractivity (Wildman–Crippen MR) is 43.6 cm³/mol. The maximum absolute atomic E-state index is 5.17. The van der Waals surface area contributed by atoms with E-state index in [1.54, 1.807) is 0 Å². The monoisotopic (exact) mass is 176 g/mol. The van der Waals surface area contributed by atoms with E-state index in [4.69, 9.17) is 4.42 Å². The summed E-state index contributed by atoms with van der Waals surface area (Å²) < 4.78 is 5.17. The van der Waals surface area contributed by atoms with Gasteiger partial charge in [-0.3, -0.25) is 0 Å². The molecule has 1 aromatic rings. The normalized spacial score (nSPS) is 10.2. The maximum atomic E-state index is 5.17. The van der Waals surface area contributed by atoms with Crippen molar-refractivity contribution < 1.29 is 4.42 Å². The first kappa shape index (κ1) is 7.94. The fourth-order valence-electron chi connectivity index (χ4n) is 0.517. The van der Waals surface area contributed by atoms with Crippen molar-refractivity contribution in [1.82, 2.24) is 10.2 Å². The first-order valence-corrected chi connectivity index (χ1v) is 4.69. The van der Waals surface area contributed by atoms with Gasteiger partial charge in [0.25, 0.3) is 5.22 Å². The van der Waals surface area contributed by atoms with Gasteiger partial charge in [0.1, 0.15) is 0 Å². The number of hydrogen-bond acceptors (Lipinski definition) is 5. The zero-order valence-electron chi connectivity index (χ0n) is 5.57. The molecule has 10 heavy (non-hydrogen) atoms. The second-order valence-corrected chi connectivity index (χ2v) is 2.84. The van der Waals surface area contributed by atoms with Crippen LogP contribution < -0.4 is 0 Å². The second-order valence-electron chi connectivity index (χ2n) is 1.64. The highest BCUT2D eigenvalue weighted by molar-refractivity contribution is 7.98. The summed E-state index contributed by atoms with van der Waals surface area (Å²) in [5.74, 6) is 1.41. The van der Waals surface area contributed by atoms with E-state index in [1.165, 1.54) is 11.8 Å². The van der Waals surface area contributed by atoms with E-state index < -0.39 is 0 Å². The molecule has 0 saturated heterocycles. The summed E-state index contributed by atoms with van der Waals surface area (Å²) in [4.78, 5) is 0. The molecule has 0 N–H and O–H groups in total. The van der Waals surface area contributed by atoms with Crippen molar-refractivity contribution >= 4 is 24.4 Å². The summed E-state index contributed by atoms with van der Waals surface area (Å²) in [6.07, 6.45) is 2.65. The van der Waals surface area contributed by atoms with Crippen molar-refractivity contribution in [2.24, 2.45) is 0 Å². The molecule has 0 bridgehead atoms. The quantitative estimate of drug-likeness (QED) is 0.556. The van der Waals surface area contributed by atoms with Gasteiger partial charge in [-0.2, -0.15) is 12.6 Å². The number of thioether (sulfide) groups is 1. The molecule has 0 atom stereocenters. The number of thiol groups is 1. The van der Waals surface area contributed by atoms with Gasteiger partial charge in [0, 0.05) is 6.42 Å². The molecule has 0 fully saturated rings. The molecule has 0 aliphatic heterocycles. The predicted octanol–water partition coefficient (Wildman–Crippen LogP) is 1.26. The molecule has 1 heterocycles. The summed E-state index contributed by atoms with van der Waals surface area (Å²) in [6, 6.07) is 0. The first-order chi connectivity index (χ1) is 4.86. The van der Waals surface area contributed by atoms with Gasteiger partial charge in [0.2, 0.25) is 5.89 Å². The van der Waals surface area contributed by atoms with E-state index in [-0.39, 0.29) is 0 Å². The van der Waals surface area contributed by atoms with Gasteiger partial charge in [0.05, 0.1) is 0 Å². The Balaban J connectivity index is 2.59. The van der Waals surface area contributed by atoms with Gasteiger partial charge in [-0.1, -0.05) is 11.8 Å². The van der Waals surface area contributed by atoms with Crippen molar-refractivity contribution in [3.8, 4) is 0 Å². The van der Waals surface area contributed by atoms with Gasteiger partial charge >= 0.3 is 0 Å². The second kappa shape index (κ2) is 3.88. The molecule has 0 aliphatic rings. The highest BCUT2D eigenvalue weighted by Crippen LogP contribution is 2.11. The zero-order valence-corrected chi connectivity index (χ0v) is 7.28. The number of aromatic nitrogens is 2. The minimum absolute atomic E-state index is 0.622. The van der Waals surface area contributed by atoms with Crippen LogP contribution in [0.1, 0.15) is 5.89 Å². The molecule has 0 aromatic carbocycles. The molecule has 3 nitrogen and oxygen atoms in total. The molecule has 0 aliphatic carbocycles. The van der Waals surface area contributed by atoms with Gasteiger partial charge in [-0.05, 0) is 12.0 Å². The van der Waals surface area contributed by atoms with Crippen LogP contribution in [0, 0.1) is 0 Å². The minimum Gasteiger partial charge on any atom is -0.416 e. The summed E-state index contributed by atoms with van der Waals surface area (Å²) in [5, 5.41) is 8.18. The van der Waals surface area contributed by atoms with Crippen LogP contribution in [0.2, 0.25) is 0 Å². The molecule has 1 aromatic heterocycles. The fourth-order valence-corrected chi connectivity index (χ4v) is 1.01. The van der Waals surface area contributed by atoms with Crippen molar-refractivity contribution in [3.63, 3.8) is 0 Å². The van der Waals surface area contributed by atoms with Crippen LogP contribution in [0.5, 0.6) is 0 Å². The van der Waals surface area contributed by atoms with Crippen molar-refractivity contribution in [2.45, 2.75) is 11.6 Å². The highest BCUT2D eigenvalue weighted by atomic mass is 32.2. The molecule has 0 unspecified atom stereocenters. The average molecular weight is 176 g/mol.